The van der Waals surface area contributed by atoms with Crippen LogP contribution < -0.4 is 15.0 Å². The Labute approximate surface area is 244 Å². The number of aromatic nitrogens is 5. The summed E-state index contributed by atoms with van der Waals surface area (Å²) in [4.78, 5) is 28.6. The van der Waals surface area contributed by atoms with Crippen LogP contribution in [0.2, 0.25) is 0 Å². The maximum Gasteiger partial charge on any atom is 0.258 e. The number of carbonyl (C=O) groups is 1. The van der Waals surface area contributed by atoms with Crippen LogP contribution in [0.15, 0.2) is 36.5 Å². The molecule has 0 radical (unpaired) electrons. The summed E-state index contributed by atoms with van der Waals surface area (Å²) in [6, 6.07) is 10.2. The molecule has 3 unspecified atom stereocenters. The number of benzene rings is 1. The molecule has 2 saturated heterocycles. The average Bonchev–Trinajstić information content (AvgIpc) is 3.64. The van der Waals surface area contributed by atoms with Crippen molar-refractivity contribution in [1.82, 2.24) is 29.2 Å². The SMILES string of the molecule is Cc1cc2cc(n1)-c1cnn(C)c1OCCN1CC3CCC(C3)(C1)n1c(nc3ccc(N4CCOCC4)cc31)NC2=O. The number of fused-ring (bicyclic) bond motifs is 9. The fraction of sp³-hybridized carbons (Fsp3) is 0.484. The second-order valence-electron chi connectivity index (χ2n) is 12.3. The van der Waals surface area contributed by atoms with Gasteiger partial charge in [-0.3, -0.25) is 20.0 Å². The zero-order valence-electron chi connectivity index (χ0n) is 24.2. The Bertz CT molecular complexity index is 1690. The first-order valence-electron chi connectivity index (χ1n) is 15.0. The van der Waals surface area contributed by atoms with Crippen molar-refractivity contribution >= 4 is 28.6 Å². The Morgan fingerprint density at radius 1 is 1.07 bits per heavy atom. The number of hydrogen-bond acceptors (Lipinski definition) is 8. The van der Waals surface area contributed by atoms with Crippen LogP contribution in [0.1, 0.15) is 35.3 Å². The lowest BCUT2D eigenvalue weighted by molar-refractivity contribution is 0.0902. The van der Waals surface area contributed by atoms with Gasteiger partial charge < -0.3 is 18.9 Å². The molecule has 11 heteroatoms. The molecule has 1 aliphatic carbocycles. The van der Waals surface area contributed by atoms with Gasteiger partial charge in [0.1, 0.15) is 6.61 Å². The second kappa shape index (κ2) is 9.81. The minimum absolute atomic E-state index is 0.166. The maximum atomic E-state index is 13.9. The number of anilines is 2. The maximum absolute atomic E-state index is 13.9. The van der Waals surface area contributed by atoms with Gasteiger partial charge >= 0.3 is 0 Å². The largest absolute Gasteiger partial charge is 0.476 e. The number of amides is 1. The monoisotopic (exact) mass is 568 g/mol. The van der Waals surface area contributed by atoms with Crippen LogP contribution in [0.4, 0.5) is 11.6 Å². The number of nitrogens with zero attached hydrogens (tertiary/aromatic N) is 7. The van der Waals surface area contributed by atoms with Crippen LogP contribution in [0.3, 0.4) is 0 Å². The zero-order valence-corrected chi connectivity index (χ0v) is 24.2. The summed E-state index contributed by atoms with van der Waals surface area (Å²) in [6.07, 6.45) is 5.05. The van der Waals surface area contributed by atoms with E-state index >= 15 is 0 Å². The normalized spacial score (nSPS) is 25.7. The number of pyridine rings is 1. The molecule has 42 heavy (non-hydrogen) atoms. The Morgan fingerprint density at radius 2 is 1.95 bits per heavy atom. The van der Waals surface area contributed by atoms with Crippen molar-refractivity contribution in [3.63, 3.8) is 0 Å². The fourth-order valence-electron chi connectivity index (χ4n) is 7.61. The number of aryl methyl sites for hydroxylation is 2. The molecule has 6 heterocycles. The predicted octanol–water partition coefficient (Wildman–Crippen LogP) is 3.43. The summed E-state index contributed by atoms with van der Waals surface area (Å²) in [5.41, 5.74) is 5.70. The summed E-state index contributed by atoms with van der Waals surface area (Å²) in [5.74, 6) is 1.66. The van der Waals surface area contributed by atoms with Crippen LogP contribution in [-0.4, -0.2) is 87.7 Å². The minimum atomic E-state index is -0.202. The molecule has 3 aliphatic heterocycles. The first kappa shape index (κ1) is 25.7. The molecule has 3 atom stereocenters. The molecule has 8 rings (SSSR count). The number of piperidine rings is 1. The van der Waals surface area contributed by atoms with Crippen molar-refractivity contribution in [2.45, 2.75) is 31.7 Å². The predicted molar refractivity (Wildman–Crippen MR) is 159 cm³/mol. The lowest BCUT2D eigenvalue weighted by atomic mass is 9.90. The molecule has 1 saturated carbocycles. The Balaban J connectivity index is 1.28. The number of ether oxygens (including phenoxy) is 2. The molecule has 3 fully saturated rings. The van der Waals surface area contributed by atoms with Crippen LogP contribution in [-0.2, 0) is 17.3 Å². The fourth-order valence-corrected chi connectivity index (χ4v) is 7.61. The van der Waals surface area contributed by atoms with Crippen molar-refractivity contribution in [2.24, 2.45) is 13.0 Å². The van der Waals surface area contributed by atoms with Gasteiger partial charge in [0.05, 0.1) is 47.2 Å². The summed E-state index contributed by atoms with van der Waals surface area (Å²) in [7, 11) is 1.88. The van der Waals surface area contributed by atoms with Gasteiger partial charge in [-0.15, -0.1) is 0 Å². The Morgan fingerprint density at radius 3 is 2.83 bits per heavy atom. The Hall–Kier alpha value is -3.96. The quantitative estimate of drug-likeness (QED) is 0.373. The van der Waals surface area contributed by atoms with Crippen LogP contribution in [0.5, 0.6) is 5.88 Å². The molecule has 5 bridgehead atoms. The number of morpholine rings is 1. The summed E-state index contributed by atoms with van der Waals surface area (Å²) >= 11 is 0. The summed E-state index contributed by atoms with van der Waals surface area (Å²) < 4.78 is 16.1. The average molecular weight is 569 g/mol. The van der Waals surface area contributed by atoms with Gasteiger partial charge in [-0.25, -0.2) is 9.67 Å². The molecule has 218 valence electrons. The molecule has 1 spiro atoms. The van der Waals surface area contributed by atoms with E-state index in [4.69, 9.17) is 19.4 Å². The molecular weight excluding hydrogens is 532 g/mol. The van der Waals surface area contributed by atoms with Crippen LogP contribution >= 0.6 is 0 Å². The van der Waals surface area contributed by atoms with Crippen LogP contribution in [0, 0.1) is 12.8 Å². The van der Waals surface area contributed by atoms with Crippen molar-refractivity contribution in [1.29, 1.82) is 0 Å². The third-order valence-electron chi connectivity index (χ3n) is 9.46. The van der Waals surface area contributed by atoms with Crippen LogP contribution in [0.25, 0.3) is 22.3 Å². The lowest BCUT2D eigenvalue weighted by Gasteiger charge is -2.42. The van der Waals surface area contributed by atoms with Crippen molar-refractivity contribution in [2.75, 3.05) is 62.8 Å². The molecule has 1 N–H and O–H groups in total. The van der Waals surface area contributed by atoms with Gasteiger partial charge in [0.25, 0.3) is 5.91 Å². The smallest absolute Gasteiger partial charge is 0.258 e. The van der Waals surface area contributed by atoms with Gasteiger partial charge in [0.2, 0.25) is 11.8 Å². The topological polar surface area (TPSA) is 103 Å². The Kier molecular flexibility index (Phi) is 6.01. The summed E-state index contributed by atoms with van der Waals surface area (Å²) in [6.45, 7) is 8.39. The minimum Gasteiger partial charge on any atom is -0.476 e. The second-order valence-corrected chi connectivity index (χ2v) is 12.3. The lowest BCUT2D eigenvalue weighted by Crippen LogP contribution is -2.50. The van der Waals surface area contributed by atoms with Crippen molar-refractivity contribution in [3.05, 3.63) is 47.8 Å². The molecule has 4 aromatic rings. The highest BCUT2D eigenvalue weighted by molar-refractivity contribution is 6.05. The highest BCUT2D eigenvalue weighted by Crippen LogP contribution is 2.48. The molecule has 3 aromatic heterocycles. The first-order valence-corrected chi connectivity index (χ1v) is 15.0. The summed E-state index contributed by atoms with van der Waals surface area (Å²) in [5, 5.41) is 7.69. The van der Waals surface area contributed by atoms with Crippen molar-refractivity contribution < 1.29 is 14.3 Å². The third kappa shape index (κ3) is 4.25. The zero-order chi connectivity index (χ0) is 28.4. The van der Waals surface area contributed by atoms with Gasteiger partial charge in [-0.1, -0.05) is 0 Å². The van der Waals surface area contributed by atoms with E-state index in [-0.39, 0.29) is 11.4 Å². The van der Waals surface area contributed by atoms with E-state index in [1.54, 1.807) is 10.9 Å². The van der Waals surface area contributed by atoms with E-state index in [0.717, 1.165) is 87.5 Å². The highest BCUT2D eigenvalue weighted by Gasteiger charge is 2.48. The van der Waals surface area contributed by atoms with Gasteiger partial charge in [0.15, 0.2) is 0 Å². The van der Waals surface area contributed by atoms with E-state index < -0.39 is 0 Å². The number of imidazole rings is 1. The molecule has 1 amide bonds. The number of hydrogen-bond donors (Lipinski definition) is 1. The standard InChI is InChI=1S/C31H36N8O3/c1-20-13-22-14-26(33-20)24-17-32-36(2)29(24)42-12-7-37-18-21-5-6-31(16-21,19-37)39-27-15-23(38-8-10-41-11-9-38)3-4-25(27)34-30(39)35-28(22)40/h3-4,13-15,17,21H,5-12,16,18-19H2,1-2H3,(H,34,35,40). The van der Waals surface area contributed by atoms with E-state index in [1.807, 2.05) is 26.1 Å². The number of rotatable bonds is 1. The van der Waals surface area contributed by atoms with Gasteiger partial charge in [-0.2, -0.15) is 5.10 Å². The van der Waals surface area contributed by atoms with Gasteiger partial charge in [0, 0.05) is 56.7 Å². The van der Waals surface area contributed by atoms with E-state index in [2.05, 4.69) is 43.0 Å². The van der Waals surface area contributed by atoms with E-state index in [0.29, 0.717) is 35.6 Å². The van der Waals surface area contributed by atoms with Gasteiger partial charge in [-0.05, 0) is 62.4 Å². The van der Waals surface area contributed by atoms with E-state index in [1.165, 1.54) is 5.69 Å². The number of carbonyl (C=O) groups excluding carboxylic acids is 1. The third-order valence-corrected chi connectivity index (χ3v) is 9.46. The number of nitrogens with one attached hydrogen (secondary N) is 1. The van der Waals surface area contributed by atoms with Crippen molar-refractivity contribution in [3.8, 4) is 17.1 Å². The molecule has 4 aliphatic rings. The molecule has 1 aromatic carbocycles. The highest BCUT2D eigenvalue weighted by atomic mass is 16.5. The van der Waals surface area contributed by atoms with E-state index in [9.17, 15) is 4.79 Å². The molecule has 11 nitrogen and oxygen atoms in total. The first-order chi connectivity index (χ1) is 20.5. The molecular formula is C31H36N8O3.